The Balaban J connectivity index is 1.11. The number of hydrogen-bond acceptors (Lipinski definition) is 2. The lowest BCUT2D eigenvalue weighted by Gasteiger charge is -2.46. The van der Waals surface area contributed by atoms with Gasteiger partial charge < -0.3 is 14.4 Å². The molecule has 0 aliphatic carbocycles. The lowest BCUT2D eigenvalue weighted by Crippen LogP contribution is -2.61. The Morgan fingerprint density at radius 2 is 0.678 bits per heavy atom. The smallest absolute Gasteiger partial charge is 0.252 e. The zero-order valence-corrected chi connectivity index (χ0v) is 53.3. The van der Waals surface area contributed by atoms with Gasteiger partial charge in [0.15, 0.2) is 0 Å². The van der Waals surface area contributed by atoms with E-state index in [1.54, 1.807) is 0 Å². The summed E-state index contributed by atoms with van der Waals surface area (Å²) in [5.74, 6) is 0. The molecule has 4 heteroatoms. The van der Waals surface area contributed by atoms with Gasteiger partial charge in [-0.05, 0) is 167 Å². The van der Waals surface area contributed by atoms with Gasteiger partial charge in [0.2, 0.25) is 0 Å². The van der Waals surface area contributed by atoms with Crippen molar-refractivity contribution in [3.63, 3.8) is 0 Å². The van der Waals surface area contributed by atoms with Gasteiger partial charge in [0.05, 0.1) is 22.4 Å². The molecule has 0 spiro atoms. The number of anilines is 6. The number of aromatic nitrogens is 1. The van der Waals surface area contributed by atoms with Crippen LogP contribution in [0.3, 0.4) is 0 Å². The van der Waals surface area contributed by atoms with Crippen molar-refractivity contribution in [3.05, 3.63) is 265 Å². The average Bonchev–Trinajstić information content (AvgIpc) is 0.798. The molecular formula is C86H84BN3. The van der Waals surface area contributed by atoms with E-state index in [2.05, 4.69) is 285 Å². The summed E-state index contributed by atoms with van der Waals surface area (Å²) in [6.45, 7) is 9.19. The fourth-order valence-corrected chi connectivity index (χ4v) is 15.0. The molecule has 3 heterocycles. The van der Waals surface area contributed by atoms with E-state index in [4.69, 9.17) is 0 Å². The molecule has 12 aromatic rings. The van der Waals surface area contributed by atoms with Crippen molar-refractivity contribution in [1.29, 1.82) is 0 Å². The lowest BCUT2D eigenvalue weighted by atomic mass is 9.33. The molecule has 0 radical (unpaired) electrons. The van der Waals surface area contributed by atoms with E-state index in [1.165, 1.54) is 203 Å². The molecule has 446 valence electrons. The first-order valence-corrected chi connectivity index (χ1v) is 34.1. The van der Waals surface area contributed by atoms with Gasteiger partial charge >= 0.3 is 0 Å². The predicted molar refractivity (Wildman–Crippen MR) is 389 cm³/mol. The van der Waals surface area contributed by atoms with E-state index in [1.807, 2.05) is 0 Å². The highest BCUT2D eigenvalue weighted by molar-refractivity contribution is 7.00. The highest BCUT2D eigenvalue weighted by Crippen LogP contribution is 2.53. The Labute approximate surface area is 535 Å². The van der Waals surface area contributed by atoms with Crippen LogP contribution < -0.4 is 26.2 Å². The Hall–Kier alpha value is -9.12. The molecule has 2 aliphatic heterocycles. The molecule has 0 atom stereocenters. The van der Waals surface area contributed by atoms with Crippen LogP contribution in [-0.4, -0.2) is 11.3 Å². The maximum absolute atomic E-state index is 2.75. The van der Waals surface area contributed by atoms with Crippen molar-refractivity contribution < 1.29 is 0 Å². The molecular weight excluding hydrogens is 1090 g/mol. The van der Waals surface area contributed by atoms with Crippen LogP contribution in [0.1, 0.15) is 127 Å². The van der Waals surface area contributed by atoms with Crippen molar-refractivity contribution in [2.75, 3.05) is 9.80 Å². The second-order valence-corrected chi connectivity index (χ2v) is 25.5. The van der Waals surface area contributed by atoms with Crippen LogP contribution in [0.15, 0.2) is 243 Å². The summed E-state index contributed by atoms with van der Waals surface area (Å²) in [6, 6.07) is 93.9. The van der Waals surface area contributed by atoms with Gasteiger partial charge in [-0.25, -0.2) is 0 Å². The maximum atomic E-state index is 2.75. The molecule has 0 unspecified atom stereocenters. The molecule has 90 heavy (non-hydrogen) atoms. The third kappa shape index (κ3) is 11.2. The zero-order valence-electron chi connectivity index (χ0n) is 53.3. The number of unbranched alkanes of at least 4 members (excludes halogenated alkanes) is 8. The summed E-state index contributed by atoms with van der Waals surface area (Å²) in [5, 5.41) is 2.70. The number of fused-ring (bicyclic) bond motifs is 7. The summed E-state index contributed by atoms with van der Waals surface area (Å²) < 4.78 is 2.60. The van der Waals surface area contributed by atoms with Crippen LogP contribution in [0.4, 0.5) is 34.1 Å². The van der Waals surface area contributed by atoms with Crippen LogP contribution in [-0.2, 0) is 25.7 Å². The van der Waals surface area contributed by atoms with Crippen molar-refractivity contribution in [2.45, 2.75) is 130 Å². The minimum Gasteiger partial charge on any atom is -0.310 e. The van der Waals surface area contributed by atoms with Crippen LogP contribution >= 0.6 is 0 Å². The molecule has 1 aromatic heterocycles. The van der Waals surface area contributed by atoms with E-state index in [0.29, 0.717) is 0 Å². The van der Waals surface area contributed by atoms with Crippen LogP contribution in [0.5, 0.6) is 0 Å². The topological polar surface area (TPSA) is 11.4 Å². The van der Waals surface area contributed by atoms with E-state index in [-0.39, 0.29) is 6.71 Å². The van der Waals surface area contributed by atoms with E-state index in [9.17, 15) is 0 Å². The maximum Gasteiger partial charge on any atom is 0.252 e. The SMILES string of the molecule is CCCCCc1ccc2c(c1)B1c3ccc(-n4c5ccc(CCCCC)cc5c5cc(CCCCC)ccc54)cc3N(c3c(-c4ccccc4)cccc3-c3ccccc3)c3cc(CCCCC)cc(c31)N2c1c(-c2ccccc2)cccc1-c1ccccc1. The van der Waals surface area contributed by atoms with Crippen LogP contribution in [0.2, 0.25) is 0 Å². The first-order valence-electron chi connectivity index (χ1n) is 34.1. The fourth-order valence-electron chi connectivity index (χ4n) is 15.0. The van der Waals surface area contributed by atoms with Crippen molar-refractivity contribution in [3.8, 4) is 50.2 Å². The zero-order chi connectivity index (χ0) is 60.9. The molecule has 2 aliphatic rings. The Bertz CT molecular complexity index is 4300. The number of benzene rings is 11. The van der Waals surface area contributed by atoms with Crippen molar-refractivity contribution >= 4 is 79.0 Å². The van der Waals surface area contributed by atoms with Gasteiger partial charge in [-0.1, -0.05) is 267 Å². The molecule has 14 rings (SSSR count). The number of hydrogen-bond donors (Lipinski definition) is 0. The molecule has 0 N–H and O–H groups in total. The third-order valence-corrected chi connectivity index (χ3v) is 19.5. The van der Waals surface area contributed by atoms with Gasteiger partial charge in [-0.2, -0.15) is 0 Å². The molecule has 0 bridgehead atoms. The lowest BCUT2D eigenvalue weighted by molar-refractivity contribution is 0.717. The first kappa shape index (κ1) is 58.6. The minimum absolute atomic E-state index is 0.0833. The monoisotopic (exact) mass is 1170 g/mol. The molecule has 0 fully saturated rings. The largest absolute Gasteiger partial charge is 0.310 e. The summed E-state index contributed by atoms with van der Waals surface area (Å²) in [7, 11) is 0. The summed E-state index contributed by atoms with van der Waals surface area (Å²) >= 11 is 0. The molecule has 11 aromatic carbocycles. The Morgan fingerprint density at radius 1 is 0.289 bits per heavy atom. The Morgan fingerprint density at radius 3 is 1.10 bits per heavy atom. The van der Waals surface area contributed by atoms with Gasteiger partial charge in [-0.15, -0.1) is 0 Å². The standard InChI is InChI=1S/C86H84BN3/c1-5-9-17-31-61-47-52-78-74(55-61)75-56-62(32-18-10-6-2)48-53-79(75)88(78)69-50-51-76-81(60-69)90(86-72(67-39-25-15-26-40-67)45-30-46-73(86)68-41-27-16-28-42-68)83-59-64(34-20-12-8-4)58-82-84(83)87(76)77-57-63(33-19-11-7-3)49-54-80(77)89(82)85-70(65-35-21-13-22-36-65)43-29-44-71(85)66-37-23-14-24-38-66/h13-16,21-30,35-60H,5-12,17-20,31-34H2,1-4H3. The minimum atomic E-state index is -0.0833. The van der Waals surface area contributed by atoms with Crippen LogP contribution in [0.25, 0.3) is 72.0 Å². The normalized spacial score (nSPS) is 12.4. The van der Waals surface area contributed by atoms with Gasteiger partial charge in [0.1, 0.15) is 0 Å². The summed E-state index contributed by atoms with van der Waals surface area (Å²) in [5.41, 5.74) is 30.3. The van der Waals surface area contributed by atoms with Crippen LogP contribution in [0, 0.1) is 0 Å². The van der Waals surface area contributed by atoms with Crippen molar-refractivity contribution in [2.24, 2.45) is 0 Å². The van der Waals surface area contributed by atoms with Gasteiger partial charge in [0, 0.05) is 61.5 Å². The highest BCUT2D eigenvalue weighted by Gasteiger charge is 2.45. The third-order valence-electron chi connectivity index (χ3n) is 19.5. The second kappa shape index (κ2) is 26.5. The summed E-state index contributed by atoms with van der Waals surface area (Å²) in [4.78, 5) is 5.47. The van der Waals surface area contributed by atoms with E-state index < -0.39 is 0 Å². The molecule has 0 amide bonds. The Kier molecular flexibility index (Phi) is 17.3. The van der Waals surface area contributed by atoms with E-state index >= 15 is 0 Å². The number of nitrogens with zero attached hydrogens (tertiary/aromatic N) is 3. The predicted octanol–water partition coefficient (Wildman–Crippen LogP) is 22.5. The second-order valence-electron chi connectivity index (χ2n) is 25.5. The number of aryl methyl sites for hydroxylation is 4. The number of para-hydroxylation sites is 2. The van der Waals surface area contributed by atoms with Crippen molar-refractivity contribution in [1.82, 2.24) is 4.57 Å². The number of rotatable bonds is 23. The molecule has 3 nitrogen and oxygen atoms in total. The highest BCUT2D eigenvalue weighted by atomic mass is 15.2. The quantitative estimate of drug-likeness (QED) is 0.0467. The average molecular weight is 1170 g/mol. The first-order chi connectivity index (χ1) is 44.5. The van der Waals surface area contributed by atoms with E-state index in [0.717, 1.165) is 44.9 Å². The van der Waals surface area contributed by atoms with Gasteiger partial charge in [0.25, 0.3) is 6.71 Å². The van der Waals surface area contributed by atoms with Gasteiger partial charge in [-0.3, -0.25) is 0 Å². The molecule has 0 saturated heterocycles. The summed E-state index contributed by atoms with van der Waals surface area (Å²) in [6.07, 6.45) is 18.5. The molecule has 0 saturated carbocycles. The fraction of sp³-hybridized carbons (Fsp3) is 0.233.